The number of nitrogens with one attached hydrogen (secondary N) is 1. The van der Waals surface area contributed by atoms with Gasteiger partial charge in [-0.05, 0) is 6.07 Å². The second kappa shape index (κ2) is 5.94. The fraction of sp³-hybridized carbons (Fsp3) is 0.167. The molecule has 0 fully saturated rings. The fourth-order valence-electron chi connectivity index (χ4n) is 1.24. The fourth-order valence-corrected chi connectivity index (χ4v) is 1.46. The number of hydrogen-bond acceptors (Lipinski definition) is 3. The van der Waals surface area contributed by atoms with E-state index in [9.17, 15) is 9.59 Å². The van der Waals surface area contributed by atoms with E-state index in [0.29, 0.717) is 0 Å². The largest absolute Gasteiger partial charge is 0.480 e. The summed E-state index contributed by atoms with van der Waals surface area (Å²) in [5.41, 5.74) is 0.144. The molecule has 5 nitrogen and oxygen atoms in total. The van der Waals surface area contributed by atoms with Gasteiger partial charge in [0.05, 0.1) is 10.7 Å². The van der Waals surface area contributed by atoms with Crippen LogP contribution in [0, 0.1) is 12.3 Å². The van der Waals surface area contributed by atoms with Crippen LogP contribution in [0.15, 0.2) is 12.1 Å². The van der Waals surface area contributed by atoms with Crippen LogP contribution in [-0.4, -0.2) is 23.6 Å². The highest BCUT2D eigenvalue weighted by atomic mass is 35.5. The van der Waals surface area contributed by atoms with E-state index >= 15 is 0 Å². The predicted molar refractivity (Wildman–Crippen MR) is 67.0 cm³/mol. The summed E-state index contributed by atoms with van der Waals surface area (Å²) >= 11 is 5.85. The number of anilines is 1. The summed E-state index contributed by atoms with van der Waals surface area (Å²) in [5, 5.41) is 11.6. The first kappa shape index (κ1) is 13.9. The lowest BCUT2D eigenvalue weighted by Gasteiger charge is -2.11. The third kappa shape index (κ3) is 3.40. The summed E-state index contributed by atoms with van der Waals surface area (Å²) in [7, 11) is 0. The predicted octanol–water partition coefficient (Wildman–Crippen LogP) is 2.01. The monoisotopic (exact) mass is 267 g/mol. The van der Waals surface area contributed by atoms with Gasteiger partial charge < -0.3 is 15.2 Å². The standard InChI is InChI=1S/C12H10ClNO4/c1-3-4-18-11-6-10(14-7(2)15)9(13)5-8(11)12(16)17/h1,5-6H,4H2,2H3,(H,14,15)(H,16,17). The molecule has 94 valence electrons. The third-order valence-corrected chi connectivity index (χ3v) is 2.23. The van der Waals surface area contributed by atoms with E-state index in [1.54, 1.807) is 0 Å². The molecule has 1 aromatic rings. The Bertz CT molecular complexity index is 534. The van der Waals surface area contributed by atoms with Crippen LogP contribution in [0.2, 0.25) is 5.02 Å². The smallest absolute Gasteiger partial charge is 0.339 e. The Hall–Kier alpha value is -2.19. The van der Waals surface area contributed by atoms with Gasteiger partial charge in [-0.2, -0.15) is 0 Å². The Balaban J connectivity index is 3.22. The molecule has 1 aromatic carbocycles. The van der Waals surface area contributed by atoms with E-state index in [1.807, 2.05) is 0 Å². The highest BCUT2D eigenvalue weighted by molar-refractivity contribution is 6.34. The number of amides is 1. The molecular weight excluding hydrogens is 258 g/mol. The summed E-state index contributed by atoms with van der Waals surface area (Å²) in [6.07, 6.45) is 5.03. The van der Waals surface area contributed by atoms with E-state index in [-0.39, 0.29) is 34.5 Å². The summed E-state index contributed by atoms with van der Waals surface area (Å²) in [6.45, 7) is 1.23. The Morgan fingerprint density at radius 3 is 2.72 bits per heavy atom. The molecule has 0 bridgehead atoms. The van der Waals surface area contributed by atoms with Gasteiger partial charge in [0.2, 0.25) is 5.91 Å². The average molecular weight is 268 g/mol. The lowest BCUT2D eigenvalue weighted by Crippen LogP contribution is -2.09. The molecule has 0 unspecified atom stereocenters. The molecule has 0 aliphatic heterocycles. The van der Waals surface area contributed by atoms with E-state index in [4.69, 9.17) is 27.9 Å². The van der Waals surface area contributed by atoms with Gasteiger partial charge in [-0.3, -0.25) is 4.79 Å². The van der Waals surface area contributed by atoms with Crippen molar-refractivity contribution in [3.05, 3.63) is 22.7 Å². The summed E-state index contributed by atoms with van der Waals surface area (Å²) in [5.74, 6) is 0.745. The molecule has 0 heterocycles. The zero-order chi connectivity index (χ0) is 13.7. The van der Waals surface area contributed by atoms with Crippen LogP contribution in [-0.2, 0) is 4.79 Å². The Morgan fingerprint density at radius 2 is 2.22 bits per heavy atom. The number of ether oxygens (including phenoxy) is 1. The molecule has 0 spiro atoms. The van der Waals surface area contributed by atoms with Crippen LogP contribution in [0.25, 0.3) is 0 Å². The molecule has 1 rings (SSSR count). The molecule has 0 aliphatic carbocycles. The maximum atomic E-state index is 11.0. The van der Waals surface area contributed by atoms with Crippen LogP contribution < -0.4 is 10.1 Å². The maximum absolute atomic E-state index is 11.0. The maximum Gasteiger partial charge on any atom is 0.339 e. The molecule has 0 saturated heterocycles. The van der Waals surface area contributed by atoms with Gasteiger partial charge in [-0.1, -0.05) is 17.5 Å². The number of benzene rings is 1. The molecule has 0 aliphatic rings. The Kier molecular flexibility index (Phi) is 4.58. The van der Waals surface area contributed by atoms with Crippen molar-refractivity contribution >= 4 is 29.2 Å². The van der Waals surface area contributed by atoms with E-state index in [2.05, 4.69) is 11.2 Å². The topological polar surface area (TPSA) is 75.6 Å². The minimum absolute atomic E-state index is 0.0496. The second-order valence-corrected chi connectivity index (χ2v) is 3.71. The van der Waals surface area contributed by atoms with E-state index in [1.165, 1.54) is 19.1 Å². The van der Waals surface area contributed by atoms with Crippen molar-refractivity contribution in [2.24, 2.45) is 0 Å². The molecule has 0 atom stereocenters. The van der Waals surface area contributed by atoms with Gasteiger partial charge in [-0.15, -0.1) is 6.42 Å². The van der Waals surface area contributed by atoms with Crippen LogP contribution in [0.1, 0.15) is 17.3 Å². The number of carboxylic acids is 1. The zero-order valence-corrected chi connectivity index (χ0v) is 10.2. The number of carbonyl (C=O) groups excluding carboxylic acids is 1. The first-order chi connectivity index (χ1) is 8.45. The molecule has 0 radical (unpaired) electrons. The van der Waals surface area contributed by atoms with Gasteiger partial charge >= 0.3 is 5.97 Å². The number of halogens is 1. The number of carbonyl (C=O) groups is 2. The van der Waals surface area contributed by atoms with Crippen LogP contribution in [0.4, 0.5) is 5.69 Å². The lowest BCUT2D eigenvalue weighted by atomic mass is 10.1. The molecular formula is C12H10ClNO4. The molecule has 2 N–H and O–H groups in total. The minimum Gasteiger partial charge on any atom is -0.480 e. The number of terminal acetylenes is 1. The summed E-state index contributed by atoms with van der Waals surface area (Å²) in [6, 6.07) is 2.52. The van der Waals surface area contributed by atoms with Gasteiger partial charge in [-0.25, -0.2) is 4.79 Å². The molecule has 0 saturated carbocycles. The quantitative estimate of drug-likeness (QED) is 0.818. The van der Waals surface area contributed by atoms with E-state index in [0.717, 1.165) is 0 Å². The minimum atomic E-state index is -1.20. The highest BCUT2D eigenvalue weighted by Crippen LogP contribution is 2.31. The van der Waals surface area contributed by atoms with Crippen LogP contribution >= 0.6 is 11.6 Å². The first-order valence-electron chi connectivity index (χ1n) is 4.86. The molecule has 1 amide bonds. The van der Waals surface area contributed by atoms with Crippen molar-refractivity contribution < 1.29 is 19.4 Å². The SMILES string of the molecule is C#CCOc1cc(NC(C)=O)c(Cl)cc1C(=O)O. The van der Waals surface area contributed by atoms with Crippen molar-refractivity contribution in [3.8, 4) is 18.1 Å². The van der Waals surface area contributed by atoms with Crippen molar-refractivity contribution in [2.45, 2.75) is 6.92 Å². The summed E-state index contributed by atoms with van der Waals surface area (Å²) in [4.78, 5) is 21.9. The van der Waals surface area contributed by atoms with Crippen molar-refractivity contribution in [3.63, 3.8) is 0 Å². The lowest BCUT2D eigenvalue weighted by molar-refractivity contribution is -0.114. The number of rotatable bonds is 4. The Morgan fingerprint density at radius 1 is 1.56 bits per heavy atom. The third-order valence-electron chi connectivity index (χ3n) is 1.92. The number of aromatic carboxylic acids is 1. The van der Waals surface area contributed by atoms with Crippen molar-refractivity contribution in [1.82, 2.24) is 0 Å². The van der Waals surface area contributed by atoms with Gasteiger partial charge in [0, 0.05) is 13.0 Å². The van der Waals surface area contributed by atoms with Gasteiger partial charge in [0.25, 0.3) is 0 Å². The van der Waals surface area contributed by atoms with Crippen LogP contribution in [0.3, 0.4) is 0 Å². The van der Waals surface area contributed by atoms with Crippen molar-refractivity contribution in [2.75, 3.05) is 11.9 Å². The van der Waals surface area contributed by atoms with Crippen LogP contribution in [0.5, 0.6) is 5.75 Å². The van der Waals surface area contributed by atoms with Gasteiger partial charge in [0.1, 0.15) is 17.9 Å². The average Bonchev–Trinajstić information content (AvgIpc) is 2.28. The van der Waals surface area contributed by atoms with Gasteiger partial charge in [0.15, 0.2) is 0 Å². The Labute approximate surface area is 109 Å². The summed E-state index contributed by atoms with van der Waals surface area (Å²) < 4.78 is 5.10. The number of hydrogen-bond donors (Lipinski definition) is 2. The number of carboxylic acid groups (broad SMARTS) is 1. The molecule has 0 aromatic heterocycles. The normalized spacial score (nSPS) is 9.39. The zero-order valence-electron chi connectivity index (χ0n) is 9.49. The second-order valence-electron chi connectivity index (χ2n) is 3.31. The molecule has 18 heavy (non-hydrogen) atoms. The molecule has 6 heteroatoms. The first-order valence-corrected chi connectivity index (χ1v) is 5.24. The van der Waals surface area contributed by atoms with E-state index < -0.39 is 5.97 Å². The van der Waals surface area contributed by atoms with Crippen molar-refractivity contribution in [1.29, 1.82) is 0 Å². The highest BCUT2D eigenvalue weighted by Gasteiger charge is 2.15.